The Bertz CT molecular complexity index is 826. The molecule has 138 valence electrons. The highest BCUT2D eigenvalue weighted by Crippen LogP contribution is 2.54. The van der Waals surface area contributed by atoms with Gasteiger partial charge in [-0.25, -0.2) is 8.42 Å². The minimum Gasteiger partial charge on any atom is -0.348 e. The minimum atomic E-state index is -3.52. The van der Waals surface area contributed by atoms with Crippen molar-refractivity contribution >= 4 is 9.84 Å². The smallest absolute Gasteiger partial charge is 0.210 e. The fourth-order valence-electron chi connectivity index (χ4n) is 4.39. The molecular formula is C22H26O3S. The van der Waals surface area contributed by atoms with Crippen LogP contribution in [0, 0.1) is 5.92 Å². The molecule has 2 aromatic carbocycles. The van der Waals surface area contributed by atoms with Crippen LogP contribution in [0.3, 0.4) is 0 Å². The van der Waals surface area contributed by atoms with Crippen LogP contribution in [-0.2, 0) is 21.0 Å². The molecule has 0 radical (unpaired) electrons. The second-order valence-electron chi connectivity index (χ2n) is 7.55. The maximum Gasteiger partial charge on any atom is 0.210 e. The summed E-state index contributed by atoms with van der Waals surface area (Å²) in [5.41, 5.74) is 1.16. The van der Waals surface area contributed by atoms with Gasteiger partial charge in [-0.3, -0.25) is 0 Å². The molecule has 4 heteroatoms. The van der Waals surface area contributed by atoms with Crippen molar-refractivity contribution in [1.82, 2.24) is 0 Å². The molecule has 0 aromatic heterocycles. The first kappa shape index (κ1) is 17.7. The van der Waals surface area contributed by atoms with Crippen LogP contribution in [0.4, 0.5) is 0 Å². The van der Waals surface area contributed by atoms with E-state index in [2.05, 4.69) is 12.1 Å². The maximum atomic E-state index is 13.5. The van der Waals surface area contributed by atoms with Crippen LogP contribution >= 0.6 is 0 Å². The molecule has 3 nitrogen and oxygen atoms in total. The van der Waals surface area contributed by atoms with Crippen molar-refractivity contribution in [2.24, 2.45) is 5.92 Å². The van der Waals surface area contributed by atoms with Crippen molar-refractivity contribution in [3.05, 3.63) is 66.2 Å². The molecule has 0 bridgehead atoms. The lowest BCUT2D eigenvalue weighted by atomic mass is 9.85. The van der Waals surface area contributed by atoms with Crippen LogP contribution in [0.2, 0.25) is 0 Å². The van der Waals surface area contributed by atoms with Crippen molar-refractivity contribution in [2.45, 2.75) is 60.9 Å². The highest BCUT2D eigenvalue weighted by Gasteiger charge is 2.67. The van der Waals surface area contributed by atoms with E-state index in [9.17, 15) is 8.42 Å². The molecule has 2 fully saturated rings. The molecule has 1 aliphatic carbocycles. The van der Waals surface area contributed by atoms with Crippen LogP contribution in [0.15, 0.2) is 65.6 Å². The van der Waals surface area contributed by atoms with Crippen LogP contribution in [0.1, 0.15) is 44.1 Å². The molecule has 2 aliphatic rings. The van der Waals surface area contributed by atoms with E-state index in [1.807, 2.05) is 24.3 Å². The predicted molar refractivity (Wildman–Crippen MR) is 103 cm³/mol. The van der Waals surface area contributed by atoms with Gasteiger partial charge in [0.25, 0.3) is 0 Å². The standard InChI is InChI=1S/C22H26O3S/c23-26(24,20-14-8-3-9-15-20)22(17-16-18-10-4-1-5-11-18)21(25-22)19-12-6-2-7-13-19/h1,3-5,8-11,14-15,19,21H,2,6-7,12-13,16-17H2. The number of hydrogen-bond acceptors (Lipinski definition) is 3. The van der Waals surface area contributed by atoms with Gasteiger partial charge >= 0.3 is 0 Å². The van der Waals surface area contributed by atoms with Crippen molar-refractivity contribution < 1.29 is 13.2 Å². The molecule has 0 spiro atoms. The number of hydrogen-bond donors (Lipinski definition) is 0. The van der Waals surface area contributed by atoms with E-state index >= 15 is 0 Å². The Balaban J connectivity index is 1.62. The largest absolute Gasteiger partial charge is 0.348 e. The van der Waals surface area contributed by atoms with E-state index in [1.54, 1.807) is 24.3 Å². The third-order valence-electron chi connectivity index (χ3n) is 5.89. The number of benzene rings is 2. The maximum absolute atomic E-state index is 13.5. The van der Waals surface area contributed by atoms with Crippen molar-refractivity contribution in [3.8, 4) is 0 Å². The quantitative estimate of drug-likeness (QED) is 0.688. The molecule has 26 heavy (non-hydrogen) atoms. The van der Waals surface area contributed by atoms with Gasteiger partial charge in [-0.15, -0.1) is 0 Å². The first-order chi connectivity index (χ1) is 12.6. The summed E-state index contributed by atoms with van der Waals surface area (Å²) in [6.07, 6.45) is 6.88. The van der Waals surface area contributed by atoms with E-state index < -0.39 is 14.8 Å². The summed E-state index contributed by atoms with van der Waals surface area (Å²) < 4.78 is 33.0. The van der Waals surface area contributed by atoms with Crippen molar-refractivity contribution in [1.29, 1.82) is 0 Å². The summed E-state index contributed by atoms with van der Waals surface area (Å²) in [5, 5.41) is 0. The molecule has 0 amide bonds. The van der Waals surface area contributed by atoms with Gasteiger partial charge in [0, 0.05) is 0 Å². The molecule has 1 saturated heterocycles. The zero-order chi connectivity index (χ0) is 18.0. The summed E-state index contributed by atoms with van der Waals surface area (Å²) >= 11 is 0. The zero-order valence-corrected chi connectivity index (χ0v) is 15.8. The van der Waals surface area contributed by atoms with E-state index in [-0.39, 0.29) is 6.10 Å². The fourth-order valence-corrected chi connectivity index (χ4v) is 6.40. The monoisotopic (exact) mass is 370 g/mol. The molecule has 4 rings (SSSR count). The van der Waals surface area contributed by atoms with E-state index in [4.69, 9.17) is 4.74 Å². The number of aryl methyl sites for hydroxylation is 1. The normalized spacial score (nSPS) is 26.5. The van der Waals surface area contributed by atoms with Gasteiger partial charge in [-0.1, -0.05) is 67.8 Å². The van der Waals surface area contributed by atoms with Gasteiger partial charge in [0.2, 0.25) is 9.84 Å². The number of rotatable bonds is 6. The first-order valence-electron chi connectivity index (χ1n) is 9.65. The Hall–Kier alpha value is -1.65. The summed E-state index contributed by atoms with van der Waals surface area (Å²) in [7, 11) is -3.52. The molecule has 1 heterocycles. The highest BCUT2D eigenvalue weighted by molar-refractivity contribution is 7.93. The molecule has 0 N–H and O–H groups in total. The Labute approximate surface area is 156 Å². The number of epoxide rings is 1. The number of ether oxygens (including phenoxy) is 1. The average Bonchev–Trinajstić information content (AvgIpc) is 3.45. The van der Waals surface area contributed by atoms with Gasteiger partial charge in [0.05, 0.1) is 4.90 Å². The van der Waals surface area contributed by atoms with Gasteiger partial charge in [0.1, 0.15) is 6.10 Å². The molecule has 2 unspecified atom stereocenters. The first-order valence-corrected chi connectivity index (χ1v) is 11.1. The van der Waals surface area contributed by atoms with Gasteiger partial charge < -0.3 is 4.74 Å². The molecule has 1 saturated carbocycles. The van der Waals surface area contributed by atoms with Gasteiger partial charge in [0.15, 0.2) is 4.93 Å². The van der Waals surface area contributed by atoms with Crippen LogP contribution in [0.25, 0.3) is 0 Å². The van der Waals surface area contributed by atoms with Crippen LogP contribution in [0.5, 0.6) is 0 Å². The molecule has 2 aromatic rings. The zero-order valence-electron chi connectivity index (χ0n) is 15.0. The highest BCUT2D eigenvalue weighted by atomic mass is 32.2. The van der Waals surface area contributed by atoms with Crippen LogP contribution in [-0.4, -0.2) is 19.5 Å². The topological polar surface area (TPSA) is 46.7 Å². The second-order valence-corrected chi connectivity index (χ2v) is 9.72. The van der Waals surface area contributed by atoms with Crippen molar-refractivity contribution in [3.63, 3.8) is 0 Å². The Morgan fingerprint density at radius 3 is 2.15 bits per heavy atom. The fraction of sp³-hybridized carbons (Fsp3) is 0.455. The third-order valence-corrected chi connectivity index (χ3v) is 8.23. The molecule has 2 atom stereocenters. The van der Waals surface area contributed by atoms with E-state index in [1.165, 1.54) is 19.3 Å². The third kappa shape index (κ3) is 3.21. The second kappa shape index (κ2) is 7.16. The van der Waals surface area contributed by atoms with E-state index in [0.717, 1.165) is 24.8 Å². The summed E-state index contributed by atoms with van der Waals surface area (Å²) in [6.45, 7) is 0. The van der Waals surface area contributed by atoms with Crippen LogP contribution < -0.4 is 0 Å². The molecule has 1 aliphatic heterocycles. The summed E-state index contributed by atoms with van der Waals surface area (Å²) in [6, 6.07) is 18.9. The SMILES string of the molecule is O=S(=O)(c1ccccc1)C1(CCc2ccccc2)OC1C1CCCCC1. The Kier molecular flexibility index (Phi) is 4.89. The van der Waals surface area contributed by atoms with Gasteiger partial charge in [-0.2, -0.15) is 0 Å². The minimum absolute atomic E-state index is 0.156. The van der Waals surface area contributed by atoms with E-state index in [0.29, 0.717) is 17.2 Å². The predicted octanol–water partition coefficient (Wildman–Crippen LogP) is 4.77. The van der Waals surface area contributed by atoms with Crippen molar-refractivity contribution in [2.75, 3.05) is 0 Å². The Morgan fingerprint density at radius 2 is 1.50 bits per heavy atom. The lowest BCUT2D eigenvalue weighted by molar-refractivity contribution is 0.257. The average molecular weight is 371 g/mol. The van der Waals surface area contributed by atoms with Gasteiger partial charge in [-0.05, 0) is 49.3 Å². The lowest BCUT2D eigenvalue weighted by Gasteiger charge is -2.22. The molecular weight excluding hydrogens is 344 g/mol. The lowest BCUT2D eigenvalue weighted by Crippen LogP contribution is -2.32. The summed E-state index contributed by atoms with van der Waals surface area (Å²) in [4.78, 5) is -0.669. The Morgan fingerprint density at radius 1 is 0.885 bits per heavy atom. The summed E-state index contributed by atoms with van der Waals surface area (Å²) in [5.74, 6) is 0.373. The number of sulfone groups is 1.